The van der Waals surface area contributed by atoms with Gasteiger partial charge in [0.15, 0.2) is 0 Å². The largest absolute Gasteiger partial charge is 0.447 e. The Kier molecular flexibility index (Phi) is 4.06. The van der Waals surface area contributed by atoms with E-state index in [2.05, 4.69) is 26.2 Å². The number of nitrogens with one attached hydrogen (secondary N) is 1. The van der Waals surface area contributed by atoms with Crippen LogP contribution in [-0.4, -0.2) is 30.1 Å². The maximum atomic E-state index is 12.3. The molecular formula is C15H12BrN3O3. The molecule has 0 aliphatic carbocycles. The number of ether oxygens (including phenoxy) is 1. The van der Waals surface area contributed by atoms with Gasteiger partial charge in [0.05, 0.1) is 6.54 Å². The summed E-state index contributed by atoms with van der Waals surface area (Å²) in [6.45, 7) is 0.843. The van der Waals surface area contributed by atoms with E-state index in [4.69, 9.17) is 4.74 Å². The Morgan fingerprint density at radius 3 is 2.86 bits per heavy atom. The molecule has 0 unspecified atom stereocenters. The Balaban J connectivity index is 1.78. The zero-order valence-electron chi connectivity index (χ0n) is 11.5. The van der Waals surface area contributed by atoms with Crippen molar-refractivity contribution < 1.29 is 14.3 Å². The Morgan fingerprint density at radius 1 is 1.32 bits per heavy atom. The van der Waals surface area contributed by atoms with Gasteiger partial charge in [0.25, 0.3) is 5.91 Å². The van der Waals surface area contributed by atoms with E-state index in [1.54, 1.807) is 42.6 Å². The van der Waals surface area contributed by atoms with E-state index in [-0.39, 0.29) is 5.91 Å². The summed E-state index contributed by atoms with van der Waals surface area (Å²) in [6.07, 6.45) is 1.21. The fourth-order valence-corrected chi connectivity index (χ4v) is 2.32. The van der Waals surface area contributed by atoms with Crippen LogP contribution in [0.5, 0.6) is 0 Å². The molecule has 6 nitrogen and oxygen atoms in total. The Bertz CT molecular complexity index is 718. The van der Waals surface area contributed by atoms with Crippen LogP contribution < -0.4 is 10.2 Å². The number of halogens is 1. The first-order valence-electron chi connectivity index (χ1n) is 6.61. The average Bonchev–Trinajstić information content (AvgIpc) is 2.96. The molecule has 2 aromatic rings. The molecule has 1 N–H and O–H groups in total. The summed E-state index contributed by atoms with van der Waals surface area (Å²) in [5.41, 5.74) is 1.08. The van der Waals surface area contributed by atoms with Crippen molar-refractivity contribution in [1.82, 2.24) is 4.98 Å². The van der Waals surface area contributed by atoms with Crippen LogP contribution in [0.15, 0.2) is 47.1 Å². The summed E-state index contributed by atoms with van der Waals surface area (Å²) in [7, 11) is 0. The zero-order valence-corrected chi connectivity index (χ0v) is 13.0. The quantitative estimate of drug-likeness (QED) is 0.911. The zero-order chi connectivity index (χ0) is 15.5. The lowest BCUT2D eigenvalue weighted by Gasteiger charge is -2.13. The topological polar surface area (TPSA) is 71.5 Å². The second-order valence-electron chi connectivity index (χ2n) is 4.63. The SMILES string of the molecule is O=C(Nc1ccc(Br)cn1)c1cccc(N2CCOC2=O)c1. The highest BCUT2D eigenvalue weighted by molar-refractivity contribution is 9.10. The molecule has 1 aromatic heterocycles. The van der Waals surface area contributed by atoms with Crippen LogP contribution in [0.3, 0.4) is 0 Å². The molecule has 1 aliphatic rings. The van der Waals surface area contributed by atoms with Crippen molar-refractivity contribution in [3.8, 4) is 0 Å². The number of pyridine rings is 1. The first kappa shape index (κ1) is 14.5. The number of hydrogen-bond acceptors (Lipinski definition) is 4. The van der Waals surface area contributed by atoms with Crippen molar-refractivity contribution in [3.63, 3.8) is 0 Å². The minimum Gasteiger partial charge on any atom is -0.447 e. The van der Waals surface area contributed by atoms with Gasteiger partial charge in [-0.25, -0.2) is 9.78 Å². The van der Waals surface area contributed by atoms with Crippen LogP contribution in [-0.2, 0) is 4.74 Å². The second kappa shape index (κ2) is 6.15. The van der Waals surface area contributed by atoms with Gasteiger partial charge in [-0.05, 0) is 46.3 Å². The van der Waals surface area contributed by atoms with E-state index in [1.165, 1.54) is 4.90 Å². The van der Waals surface area contributed by atoms with Gasteiger partial charge >= 0.3 is 6.09 Å². The van der Waals surface area contributed by atoms with Crippen LogP contribution in [0.1, 0.15) is 10.4 Å². The van der Waals surface area contributed by atoms with Crippen LogP contribution >= 0.6 is 15.9 Å². The normalized spacial score (nSPS) is 13.9. The van der Waals surface area contributed by atoms with E-state index in [1.807, 2.05) is 0 Å². The monoisotopic (exact) mass is 361 g/mol. The summed E-state index contributed by atoms with van der Waals surface area (Å²) in [5.74, 6) is 0.170. The number of rotatable bonds is 3. The Hall–Kier alpha value is -2.41. The molecule has 0 spiro atoms. The highest BCUT2D eigenvalue weighted by Crippen LogP contribution is 2.20. The van der Waals surface area contributed by atoms with Gasteiger partial charge in [-0.2, -0.15) is 0 Å². The Labute approximate surface area is 135 Å². The molecule has 3 rings (SSSR count). The van der Waals surface area contributed by atoms with Crippen LogP contribution in [0.4, 0.5) is 16.3 Å². The number of anilines is 2. The fraction of sp³-hybridized carbons (Fsp3) is 0.133. The number of benzene rings is 1. The fourth-order valence-electron chi connectivity index (χ4n) is 2.08. The van der Waals surface area contributed by atoms with E-state index >= 15 is 0 Å². The molecule has 0 bridgehead atoms. The van der Waals surface area contributed by atoms with Crippen molar-refractivity contribution >= 4 is 39.4 Å². The molecule has 1 aliphatic heterocycles. The molecule has 0 atom stereocenters. The molecular weight excluding hydrogens is 350 g/mol. The van der Waals surface area contributed by atoms with E-state index < -0.39 is 6.09 Å². The van der Waals surface area contributed by atoms with Crippen molar-refractivity contribution in [2.45, 2.75) is 0 Å². The molecule has 1 aromatic carbocycles. The standard InChI is InChI=1S/C15H12BrN3O3/c16-11-4-5-13(17-9-11)18-14(20)10-2-1-3-12(8-10)19-6-7-22-15(19)21/h1-5,8-9H,6-7H2,(H,17,18,20). The van der Waals surface area contributed by atoms with E-state index in [0.717, 1.165) is 4.47 Å². The van der Waals surface area contributed by atoms with Gasteiger partial charge in [-0.1, -0.05) is 6.07 Å². The lowest BCUT2D eigenvalue weighted by Crippen LogP contribution is -2.23. The summed E-state index contributed by atoms with van der Waals surface area (Å²) < 4.78 is 5.73. The Morgan fingerprint density at radius 2 is 2.18 bits per heavy atom. The number of amides is 2. The second-order valence-corrected chi connectivity index (χ2v) is 5.55. The van der Waals surface area contributed by atoms with Gasteiger partial charge in [-0.3, -0.25) is 9.69 Å². The van der Waals surface area contributed by atoms with Gasteiger partial charge in [0.1, 0.15) is 12.4 Å². The highest BCUT2D eigenvalue weighted by atomic mass is 79.9. The molecule has 0 saturated carbocycles. The predicted octanol–water partition coefficient (Wildman–Crippen LogP) is 3.05. The first-order chi connectivity index (χ1) is 10.6. The van der Waals surface area contributed by atoms with Crippen molar-refractivity contribution in [1.29, 1.82) is 0 Å². The van der Waals surface area contributed by atoms with E-state index in [9.17, 15) is 9.59 Å². The van der Waals surface area contributed by atoms with Gasteiger partial charge in [0.2, 0.25) is 0 Å². The highest BCUT2D eigenvalue weighted by Gasteiger charge is 2.24. The summed E-state index contributed by atoms with van der Waals surface area (Å²) in [6, 6.07) is 10.3. The summed E-state index contributed by atoms with van der Waals surface area (Å²) >= 11 is 3.28. The average molecular weight is 362 g/mol. The molecule has 2 amide bonds. The predicted molar refractivity (Wildman–Crippen MR) is 85.0 cm³/mol. The lowest BCUT2D eigenvalue weighted by atomic mass is 10.1. The van der Waals surface area contributed by atoms with Crippen LogP contribution in [0.25, 0.3) is 0 Å². The van der Waals surface area contributed by atoms with Gasteiger partial charge in [0, 0.05) is 21.9 Å². The molecule has 112 valence electrons. The molecule has 2 heterocycles. The molecule has 7 heteroatoms. The number of carbonyl (C=O) groups excluding carboxylic acids is 2. The molecule has 1 saturated heterocycles. The van der Waals surface area contributed by atoms with E-state index in [0.29, 0.717) is 30.2 Å². The minimum atomic E-state index is -0.396. The number of cyclic esters (lactones) is 1. The molecule has 22 heavy (non-hydrogen) atoms. The van der Waals surface area contributed by atoms with Crippen molar-refractivity contribution in [3.05, 3.63) is 52.6 Å². The number of aromatic nitrogens is 1. The van der Waals surface area contributed by atoms with Gasteiger partial charge in [-0.15, -0.1) is 0 Å². The number of hydrogen-bond donors (Lipinski definition) is 1. The summed E-state index contributed by atoms with van der Waals surface area (Å²) in [4.78, 5) is 29.4. The lowest BCUT2D eigenvalue weighted by molar-refractivity contribution is 0.102. The smallest absolute Gasteiger partial charge is 0.414 e. The van der Waals surface area contributed by atoms with Crippen molar-refractivity contribution in [2.24, 2.45) is 0 Å². The van der Waals surface area contributed by atoms with Crippen LogP contribution in [0, 0.1) is 0 Å². The summed E-state index contributed by atoms with van der Waals surface area (Å²) in [5, 5.41) is 2.71. The first-order valence-corrected chi connectivity index (χ1v) is 7.40. The third-order valence-corrected chi connectivity index (χ3v) is 3.62. The van der Waals surface area contributed by atoms with Crippen LogP contribution in [0.2, 0.25) is 0 Å². The third kappa shape index (κ3) is 3.09. The maximum absolute atomic E-state index is 12.3. The maximum Gasteiger partial charge on any atom is 0.414 e. The third-order valence-electron chi connectivity index (χ3n) is 3.15. The minimum absolute atomic E-state index is 0.288. The van der Waals surface area contributed by atoms with Crippen molar-refractivity contribution in [2.75, 3.05) is 23.4 Å². The molecule has 1 fully saturated rings. The number of nitrogens with zero attached hydrogens (tertiary/aromatic N) is 2. The number of carbonyl (C=O) groups is 2. The molecule has 0 radical (unpaired) electrons. The van der Waals surface area contributed by atoms with Gasteiger partial charge < -0.3 is 10.1 Å².